The van der Waals surface area contributed by atoms with Crippen molar-refractivity contribution in [1.82, 2.24) is 9.21 Å². The first-order valence-electron chi connectivity index (χ1n) is 9.44. The molecule has 0 bridgehead atoms. The summed E-state index contributed by atoms with van der Waals surface area (Å²) in [6, 6.07) is 6.54. The van der Waals surface area contributed by atoms with Crippen LogP contribution in [-0.2, 0) is 10.0 Å². The molecule has 2 saturated heterocycles. The molecule has 3 rings (SSSR count). The second-order valence-electron chi connectivity index (χ2n) is 7.78. The van der Waals surface area contributed by atoms with E-state index in [2.05, 4.69) is 6.92 Å². The highest BCUT2D eigenvalue weighted by atomic mass is 35.5. The normalized spacial score (nSPS) is 26.6. The molecule has 2 heterocycles. The van der Waals surface area contributed by atoms with Crippen molar-refractivity contribution >= 4 is 28.3 Å². The third-order valence-corrected chi connectivity index (χ3v) is 7.49. The molecule has 2 fully saturated rings. The number of hydrogen-bond donors (Lipinski definition) is 1. The summed E-state index contributed by atoms with van der Waals surface area (Å²) in [6.45, 7) is 6.49. The Balaban J connectivity index is 0.00000261. The molecule has 0 saturated carbocycles. The summed E-state index contributed by atoms with van der Waals surface area (Å²) in [4.78, 5) is 14.9. The van der Waals surface area contributed by atoms with Gasteiger partial charge in [0.05, 0.1) is 4.90 Å². The van der Waals surface area contributed by atoms with Gasteiger partial charge in [-0.15, -0.1) is 12.4 Å². The fourth-order valence-corrected chi connectivity index (χ4v) is 5.64. The van der Waals surface area contributed by atoms with Gasteiger partial charge >= 0.3 is 0 Å². The lowest BCUT2D eigenvalue weighted by Gasteiger charge is -2.30. The van der Waals surface area contributed by atoms with Gasteiger partial charge in [0.1, 0.15) is 0 Å². The molecule has 8 heteroatoms. The average Bonchev–Trinajstić information content (AvgIpc) is 3.02. The summed E-state index contributed by atoms with van der Waals surface area (Å²) in [5.41, 5.74) is 6.26. The lowest BCUT2D eigenvalue weighted by atomic mass is 10.0. The first kappa shape index (κ1) is 22.1. The molecule has 1 aromatic carbocycles. The number of amides is 1. The van der Waals surface area contributed by atoms with Gasteiger partial charge in [0.15, 0.2) is 0 Å². The van der Waals surface area contributed by atoms with E-state index in [4.69, 9.17) is 5.73 Å². The largest absolute Gasteiger partial charge is 0.336 e. The van der Waals surface area contributed by atoms with Crippen molar-refractivity contribution in [3.05, 3.63) is 29.8 Å². The molecular weight excluding hydrogens is 386 g/mol. The van der Waals surface area contributed by atoms with Crippen LogP contribution in [0, 0.1) is 11.8 Å². The summed E-state index contributed by atoms with van der Waals surface area (Å²) in [5.74, 6) is 0.671. The van der Waals surface area contributed by atoms with Crippen LogP contribution in [-0.4, -0.2) is 55.8 Å². The maximum absolute atomic E-state index is 12.8. The summed E-state index contributed by atoms with van der Waals surface area (Å²) in [7, 11) is -3.49. The Morgan fingerprint density at radius 3 is 2.41 bits per heavy atom. The molecular formula is C19H30ClN3O3S. The van der Waals surface area contributed by atoms with Crippen molar-refractivity contribution in [2.75, 3.05) is 26.2 Å². The number of hydrogen-bond acceptors (Lipinski definition) is 4. The average molecular weight is 416 g/mol. The molecule has 2 aliphatic heterocycles. The molecule has 3 unspecified atom stereocenters. The number of halogens is 1. The highest BCUT2D eigenvalue weighted by molar-refractivity contribution is 7.89. The number of carbonyl (C=O) groups is 1. The maximum Gasteiger partial charge on any atom is 0.254 e. The zero-order valence-corrected chi connectivity index (χ0v) is 17.6. The Kier molecular flexibility index (Phi) is 7.30. The van der Waals surface area contributed by atoms with E-state index in [9.17, 15) is 13.2 Å². The van der Waals surface area contributed by atoms with Crippen LogP contribution >= 0.6 is 12.4 Å². The maximum atomic E-state index is 12.8. The molecule has 0 radical (unpaired) electrons. The molecule has 152 valence electrons. The van der Waals surface area contributed by atoms with Gasteiger partial charge in [-0.3, -0.25) is 4.79 Å². The molecule has 1 amide bonds. The molecule has 0 aromatic heterocycles. The van der Waals surface area contributed by atoms with Crippen LogP contribution in [0.1, 0.15) is 43.5 Å². The molecule has 2 aliphatic rings. The Bertz CT molecular complexity index is 754. The predicted octanol–water partition coefficient (Wildman–Crippen LogP) is 2.34. The molecule has 6 nitrogen and oxygen atoms in total. The number of carbonyl (C=O) groups excluding carboxylic acids is 1. The van der Waals surface area contributed by atoms with Crippen LogP contribution in [0.25, 0.3) is 0 Å². The molecule has 1 aromatic rings. The number of nitrogens with zero attached hydrogens (tertiary/aromatic N) is 2. The quantitative estimate of drug-likeness (QED) is 0.817. The van der Waals surface area contributed by atoms with E-state index in [1.165, 1.54) is 0 Å². The molecule has 0 aliphatic carbocycles. The van der Waals surface area contributed by atoms with E-state index >= 15 is 0 Å². The van der Waals surface area contributed by atoms with Gasteiger partial charge in [-0.1, -0.05) is 6.92 Å². The summed E-state index contributed by atoms with van der Waals surface area (Å²) < 4.78 is 27.2. The highest BCUT2D eigenvalue weighted by Gasteiger charge is 2.33. The van der Waals surface area contributed by atoms with Crippen LogP contribution in [0.3, 0.4) is 0 Å². The van der Waals surface area contributed by atoms with E-state index < -0.39 is 10.0 Å². The molecule has 27 heavy (non-hydrogen) atoms. The fraction of sp³-hybridized carbons (Fsp3) is 0.632. The van der Waals surface area contributed by atoms with Gasteiger partial charge in [0.2, 0.25) is 10.0 Å². The second kappa shape index (κ2) is 8.90. The van der Waals surface area contributed by atoms with E-state index in [1.807, 2.05) is 11.8 Å². The zero-order valence-electron chi connectivity index (χ0n) is 16.0. The van der Waals surface area contributed by atoms with Crippen LogP contribution in [0.4, 0.5) is 0 Å². The third-order valence-electron chi connectivity index (χ3n) is 5.61. The minimum absolute atomic E-state index is 0. The van der Waals surface area contributed by atoms with E-state index in [1.54, 1.807) is 28.6 Å². The Morgan fingerprint density at radius 2 is 1.85 bits per heavy atom. The van der Waals surface area contributed by atoms with Crippen molar-refractivity contribution in [1.29, 1.82) is 0 Å². The second-order valence-corrected chi connectivity index (χ2v) is 9.72. The molecule has 2 N–H and O–H groups in total. The Labute approximate surface area is 168 Å². The third kappa shape index (κ3) is 4.65. The SMILES string of the molecule is CC1CCCN(S(=O)(=O)c2ccc(C(=O)N3CC(CN)CC3C)cc2)C1.Cl. The number of likely N-dealkylation sites (tertiary alicyclic amines) is 1. The Morgan fingerprint density at radius 1 is 1.19 bits per heavy atom. The topological polar surface area (TPSA) is 83.7 Å². The van der Waals surface area contributed by atoms with E-state index in [0.29, 0.717) is 43.6 Å². The lowest BCUT2D eigenvalue weighted by molar-refractivity contribution is 0.0743. The molecule has 0 spiro atoms. The van der Waals surface area contributed by atoms with Gasteiger partial charge < -0.3 is 10.6 Å². The molecule has 3 atom stereocenters. The van der Waals surface area contributed by atoms with Gasteiger partial charge in [0, 0.05) is 31.2 Å². The van der Waals surface area contributed by atoms with Gasteiger partial charge in [0.25, 0.3) is 5.91 Å². The van der Waals surface area contributed by atoms with Crippen molar-refractivity contribution in [2.24, 2.45) is 17.6 Å². The standard InChI is InChI=1S/C19H29N3O3S.ClH/c1-14-4-3-9-21(12-14)26(24,25)18-7-5-17(6-8-18)19(23)22-13-16(11-20)10-15(22)2;/h5-8,14-16H,3-4,9-13,20H2,1-2H3;1H. The minimum Gasteiger partial charge on any atom is -0.336 e. The number of piperidine rings is 1. The van der Waals surface area contributed by atoms with Crippen LogP contribution < -0.4 is 5.73 Å². The van der Waals surface area contributed by atoms with E-state index in [-0.39, 0.29) is 29.3 Å². The zero-order chi connectivity index (χ0) is 18.9. The summed E-state index contributed by atoms with van der Waals surface area (Å²) in [5, 5.41) is 0. The minimum atomic E-state index is -3.49. The summed E-state index contributed by atoms with van der Waals surface area (Å²) in [6.07, 6.45) is 2.88. The first-order chi connectivity index (χ1) is 12.3. The van der Waals surface area contributed by atoms with Crippen molar-refractivity contribution in [3.63, 3.8) is 0 Å². The number of nitrogens with two attached hydrogens (primary N) is 1. The number of sulfonamides is 1. The number of rotatable bonds is 4. The van der Waals surface area contributed by atoms with Crippen molar-refractivity contribution < 1.29 is 13.2 Å². The lowest BCUT2D eigenvalue weighted by Crippen LogP contribution is -2.39. The van der Waals surface area contributed by atoms with Crippen LogP contribution in [0.5, 0.6) is 0 Å². The number of benzene rings is 1. The first-order valence-corrected chi connectivity index (χ1v) is 10.9. The fourth-order valence-electron chi connectivity index (χ4n) is 4.05. The van der Waals surface area contributed by atoms with Crippen LogP contribution in [0.15, 0.2) is 29.2 Å². The van der Waals surface area contributed by atoms with Crippen molar-refractivity contribution in [3.8, 4) is 0 Å². The summed E-state index contributed by atoms with van der Waals surface area (Å²) >= 11 is 0. The smallest absolute Gasteiger partial charge is 0.254 e. The van der Waals surface area contributed by atoms with E-state index in [0.717, 1.165) is 19.3 Å². The van der Waals surface area contributed by atoms with Crippen molar-refractivity contribution in [2.45, 2.75) is 44.0 Å². The van der Waals surface area contributed by atoms with Gasteiger partial charge in [-0.05, 0) is 68.8 Å². The van der Waals surface area contributed by atoms with Gasteiger partial charge in [-0.25, -0.2) is 8.42 Å². The Hall–Kier alpha value is -1.15. The predicted molar refractivity (Wildman–Crippen MR) is 109 cm³/mol. The van der Waals surface area contributed by atoms with Gasteiger partial charge in [-0.2, -0.15) is 4.31 Å². The van der Waals surface area contributed by atoms with Crippen LogP contribution in [0.2, 0.25) is 0 Å². The highest BCUT2D eigenvalue weighted by Crippen LogP contribution is 2.26. The monoisotopic (exact) mass is 415 g/mol.